The largest absolute Gasteiger partial charge is 0.452 e. The lowest BCUT2D eigenvalue weighted by Gasteiger charge is -2.05. The zero-order valence-electron chi connectivity index (χ0n) is 20.4. The Bertz CT molecular complexity index is 1800. The van der Waals surface area contributed by atoms with Gasteiger partial charge in [0, 0.05) is 16.5 Å². The molecule has 186 valence electrons. The van der Waals surface area contributed by atoms with Crippen molar-refractivity contribution in [1.29, 1.82) is 0 Å². The molecule has 4 aromatic carbocycles. The van der Waals surface area contributed by atoms with Crippen LogP contribution in [0.1, 0.15) is 15.9 Å². The number of aryl methyl sites for hydroxylation is 1. The van der Waals surface area contributed by atoms with Crippen LogP contribution in [0.25, 0.3) is 44.5 Å². The van der Waals surface area contributed by atoms with Gasteiger partial charge in [0.1, 0.15) is 5.82 Å². The van der Waals surface area contributed by atoms with Gasteiger partial charge in [-0.2, -0.15) is 0 Å². The molecule has 0 spiro atoms. The van der Waals surface area contributed by atoms with E-state index in [0.717, 1.165) is 38.9 Å². The summed E-state index contributed by atoms with van der Waals surface area (Å²) < 4.78 is 5.25. The molecule has 6 rings (SSSR count). The zero-order valence-corrected chi connectivity index (χ0v) is 21.2. The van der Waals surface area contributed by atoms with Crippen LogP contribution in [0, 0.1) is 6.92 Å². The van der Waals surface area contributed by atoms with E-state index in [-0.39, 0.29) is 0 Å². The van der Waals surface area contributed by atoms with E-state index < -0.39 is 18.5 Å². The van der Waals surface area contributed by atoms with E-state index in [0.29, 0.717) is 16.2 Å². The first kappa shape index (κ1) is 23.6. The topological polar surface area (TPSA) is 97.0 Å². The number of nitrogens with one attached hydrogen (secondary N) is 2. The number of nitrogens with zero attached hydrogens (tertiary/aromatic N) is 2. The maximum Gasteiger partial charge on any atom is 0.338 e. The van der Waals surface area contributed by atoms with Crippen molar-refractivity contribution in [2.75, 3.05) is 11.9 Å². The Morgan fingerprint density at radius 1 is 0.895 bits per heavy atom. The Hall–Kier alpha value is -4.82. The first-order valence-electron chi connectivity index (χ1n) is 12.0. The molecule has 0 saturated carbocycles. The number of benzene rings is 4. The predicted octanol–water partition coefficient (Wildman–Crippen LogP) is 6.61. The van der Waals surface area contributed by atoms with Crippen molar-refractivity contribution in [3.8, 4) is 22.6 Å². The third-order valence-electron chi connectivity index (χ3n) is 6.17. The van der Waals surface area contributed by atoms with Gasteiger partial charge in [-0.3, -0.25) is 10.1 Å². The van der Waals surface area contributed by atoms with E-state index >= 15 is 0 Å². The molecule has 0 aliphatic rings. The van der Waals surface area contributed by atoms with Crippen LogP contribution in [0.15, 0.2) is 90.3 Å². The summed E-state index contributed by atoms with van der Waals surface area (Å²) in [6.45, 7) is 1.61. The molecule has 0 unspecified atom stereocenters. The van der Waals surface area contributed by atoms with Crippen LogP contribution in [0.5, 0.6) is 0 Å². The Labute approximate surface area is 222 Å². The summed E-state index contributed by atoms with van der Waals surface area (Å²) in [5, 5.41) is 7.31. The Morgan fingerprint density at radius 2 is 1.68 bits per heavy atom. The fourth-order valence-electron chi connectivity index (χ4n) is 4.17. The lowest BCUT2D eigenvalue weighted by molar-refractivity contribution is -0.119. The summed E-state index contributed by atoms with van der Waals surface area (Å²) in [5.41, 5.74) is 5.64. The van der Waals surface area contributed by atoms with Gasteiger partial charge < -0.3 is 9.72 Å². The van der Waals surface area contributed by atoms with Crippen LogP contribution in [0.3, 0.4) is 0 Å². The number of anilines is 1. The highest BCUT2D eigenvalue weighted by Crippen LogP contribution is 2.28. The van der Waals surface area contributed by atoms with Gasteiger partial charge in [0.2, 0.25) is 0 Å². The van der Waals surface area contributed by atoms with E-state index in [1.165, 1.54) is 16.9 Å². The Morgan fingerprint density at radius 3 is 2.53 bits per heavy atom. The van der Waals surface area contributed by atoms with E-state index in [4.69, 9.17) is 4.74 Å². The van der Waals surface area contributed by atoms with E-state index in [1.807, 2.05) is 60.8 Å². The van der Waals surface area contributed by atoms with Gasteiger partial charge in [0.15, 0.2) is 11.7 Å². The molecule has 0 bridgehead atoms. The zero-order chi connectivity index (χ0) is 26.1. The number of rotatable bonds is 6. The van der Waals surface area contributed by atoms with Gasteiger partial charge in [-0.05, 0) is 42.0 Å². The lowest BCUT2D eigenvalue weighted by Crippen LogP contribution is -2.20. The molecule has 0 aliphatic carbocycles. The molecule has 0 fully saturated rings. The predicted molar refractivity (Wildman–Crippen MR) is 150 cm³/mol. The number of carbonyl (C=O) groups excluding carboxylic acids is 2. The summed E-state index contributed by atoms with van der Waals surface area (Å²) in [5.74, 6) is -0.331. The van der Waals surface area contributed by atoms with Crippen molar-refractivity contribution >= 4 is 50.2 Å². The summed E-state index contributed by atoms with van der Waals surface area (Å²) in [7, 11) is 0. The number of aromatic nitrogens is 3. The summed E-state index contributed by atoms with van der Waals surface area (Å²) in [6, 6.07) is 27.3. The number of H-pyrrole nitrogens is 1. The SMILES string of the molecule is Cc1ccc(-c2nc3ccc(C(=O)OCC(=O)Nc4nc(-c5ccc6ccccc6c5)cs4)cc3[nH]2)cc1. The minimum Gasteiger partial charge on any atom is -0.452 e. The third kappa shape index (κ3) is 4.89. The Balaban J connectivity index is 1.08. The highest BCUT2D eigenvalue weighted by atomic mass is 32.1. The quantitative estimate of drug-likeness (QED) is 0.242. The van der Waals surface area contributed by atoms with Crippen LogP contribution < -0.4 is 5.32 Å². The molecular weight excluding hydrogens is 496 g/mol. The standard InChI is InChI=1S/C30H22N4O3S/c1-18-6-8-20(9-7-18)28-31-24-13-12-23(15-25(24)32-28)29(36)37-16-27(35)34-30-33-26(17-38-30)22-11-10-19-4-2-3-5-21(19)14-22/h2-15,17H,16H2,1H3,(H,31,32)(H,33,34,35). The smallest absolute Gasteiger partial charge is 0.338 e. The monoisotopic (exact) mass is 518 g/mol. The Kier molecular flexibility index (Phi) is 6.15. The molecule has 2 aromatic heterocycles. The van der Waals surface area contributed by atoms with Crippen LogP contribution in [-0.4, -0.2) is 33.4 Å². The molecule has 7 nitrogen and oxygen atoms in total. The normalized spacial score (nSPS) is 11.1. The van der Waals surface area contributed by atoms with Gasteiger partial charge >= 0.3 is 5.97 Å². The molecule has 2 heterocycles. The van der Waals surface area contributed by atoms with Crippen molar-refractivity contribution < 1.29 is 14.3 Å². The second kappa shape index (κ2) is 9.91. The number of aromatic amines is 1. The van der Waals surface area contributed by atoms with Crippen molar-refractivity contribution in [2.45, 2.75) is 6.92 Å². The molecule has 0 aliphatic heterocycles. The fraction of sp³-hybridized carbons (Fsp3) is 0.0667. The fourth-order valence-corrected chi connectivity index (χ4v) is 4.90. The van der Waals surface area contributed by atoms with Gasteiger partial charge in [-0.15, -0.1) is 11.3 Å². The molecule has 2 N–H and O–H groups in total. The molecule has 8 heteroatoms. The van der Waals surface area contributed by atoms with E-state index in [9.17, 15) is 9.59 Å². The second-order valence-corrected chi connectivity index (χ2v) is 9.77. The van der Waals surface area contributed by atoms with Gasteiger partial charge in [-0.25, -0.2) is 14.8 Å². The van der Waals surface area contributed by atoms with E-state index in [1.54, 1.807) is 18.2 Å². The second-order valence-electron chi connectivity index (χ2n) is 8.91. The minimum atomic E-state index is -0.593. The highest BCUT2D eigenvalue weighted by Gasteiger charge is 2.14. The maximum atomic E-state index is 12.6. The van der Waals surface area contributed by atoms with Gasteiger partial charge in [-0.1, -0.05) is 66.2 Å². The number of ether oxygens (including phenoxy) is 1. The molecule has 0 saturated heterocycles. The highest BCUT2D eigenvalue weighted by molar-refractivity contribution is 7.14. The number of hydrogen-bond donors (Lipinski definition) is 2. The lowest BCUT2D eigenvalue weighted by atomic mass is 10.1. The van der Waals surface area contributed by atoms with Crippen LogP contribution in [0.4, 0.5) is 5.13 Å². The summed E-state index contributed by atoms with van der Waals surface area (Å²) >= 11 is 1.32. The van der Waals surface area contributed by atoms with Crippen LogP contribution in [-0.2, 0) is 9.53 Å². The average molecular weight is 519 g/mol. The number of esters is 1. The van der Waals surface area contributed by atoms with Crippen LogP contribution >= 0.6 is 11.3 Å². The molecule has 38 heavy (non-hydrogen) atoms. The minimum absolute atomic E-state index is 0.331. The number of thiazole rings is 1. The number of hydrogen-bond acceptors (Lipinski definition) is 6. The number of fused-ring (bicyclic) bond motifs is 2. The van der Waals surface area contributed by atoms with Crippen LogP contribution in [0.2, 0.25) is 0 Å². The van der Waals surface area contributed by atoms with E-state index in [2.05, 4.69) is 38.5 Å². The maximum absolute atomic E-state index is 12.6. The number of imidazole rings is 1. The summed E-state index contributed by atoms with van der Waals surface area (Å²) in [4.78, 5) is 37.4. The molecular formula is C30H22N4O3S. The van der Waals surface area contributed by atoms with Crippen molar-refractivity contribution in [3.05, 3.63) is 101 Å². The number of carbonyl (C=O) groups is 2. The van der Waals surface area contributed by atoms with Crippen molar-refractivity contribution in [2.24, 2.45) is 0 Å². The van der Waals surface area contributed by atoms with Gasteiger partial charge in [0.25, 0.3) is 5.91 Å². The molecule has 6 aromatic rings. The third-order valence-corrected chi connectivity index (χ3v) is 6.93. The summed E-state index contributed by atoms with van der Waals surface area (Å²) in [6.07, 6.45) is 0. The molecule has 0 atom stereocenters. The first-order chi connectivity index (χ1) is 18.5. The van der Waals surface area contributed by atoms with Crippen molar-refractivity contribution in [1.82, 2.24) is 15.0 Å². The van der Waals surface area contributed by atoms with Crippen molar-refractivity contribution in [3.63, 3.8) is 0 Å². The first-order valence-corrected chi connectivity index (χ1v) is 12.9. The van der Waals surface area contributed by atoms with Gasteiger partial charge in [0.05, 0.1) is 22.3 Å². The average Bonchev–Trinajstić information content (AvgIpc) is 3.58. The molecule has 1 amide bonds. The number of amides is 1. The molecule has 0 radical (unpaired) electrons.